The Hall–Kier alpha value is -3.40. The summed E-state index contributed by atoms with van der Waals surface area (Å²) >= 11 is 0. The third kappa shape index (κ3) is 5.82. The molecule has 0 unspecified atom stereocenters. The maximum absolute atomic E-state index is 11.9. The van der Waals surface area contributed by atoms with Crippen molar-refractivity contribution in [2.24, 2.45) is 0 Å². The second-order valence-corrected chi connectivity index (χ2v) is 7.12. The van der Waals surface area contributed by atoms with E-state index in [1.54, 1.807) is 12.1 Å². The number of anilines is 2. The number of nitrogen functional groups attached to an aromatic ring is 1. The van der Waals surface area contributed by atoms with Crippen molar-refractivity contribution in [3.05, 3.63) is 54.1 Å². The summed E-state index contributed by atoms with van der Waals surface area (Å²) in [6.45, 7) is 0.552. The maximum atomic E-state index is 11.9. The molecule has 0 saturated heterocycles. The average molecular weight is 391 g/mol. The van der Waals surface area contributed by atoms with E-state index in [4.69, 9.17) is 10.5 Å². The molecule has 0 heterocycles. The summed E-state index contributed by atoms with van der Waals surface area (Å²) in [6.07, 6.45) is 0. The number of benzene rings is 2. The van der Waals surface area contributed by atoms with Gasteiger partial charge in [0.05, 0.1) is 10.5 Å². The van der Waals surface area contributed by atoms with Gasteiger partial charge < -0.3 is 15.8 Å². The van der Waals surface area contributed by atoms with Crippen LogP contribution in [0.4, 0.5) is 11.4 Å². The number of esters is 1. The largest absolute Gasteiger partial charge is 0.452 e. The fraction of sp³-hybridized carbons (Fsp3) is 0.118. The molecular formula is C17H17N3O6S. The van der Waals surface area contributed by atoms with Crippen molar-refractivity contribution >= 4 is 39.2 Å². The number of ether oxygens (including phenoxy) is 1. The molecule has 9 nitrogen and oxygen atoms in total. The standard InChI is InChI=1S/C17H17N3O6S/c1-11(21)20-27(24,25)15-7-5-14(6-8-15)19-16(22)10-26-17(23)12-3-2-4-13(18)9-12/h2-9H,10,18H2,1H3,(H,19,22)(H,20,21). The number of carbonyl (C=O) groups is 3. The van der Waals surface area contributed by atoms with Crippen LogP contribution in [0, 0.1) is 0 Å². The van der Waals surface area contributed by atoms with E-state index in [0.29, 0.717) is 11.4 Å². The van der Waals surface area contributed by atoms with Crippen molar-refractivity contribution in [1.82, 2.24) is 4.72 Å². The van der Waals surface area contributed by atoms with Crippen molar-refractivity contribution in [2.45, 2.75) is 11.8 Å². The monoisotopic (exact) mass is 391 g/mol. The lowest BCUT2D eigenvalue weighted by molar-refractivity contribution is -0.119. The van der Waals surface area contributed by atoms with Gasteiger partial charge in [-0.05, 0) is 42.5 Å². The number of rotatable bonds is 6. The Labute approximate surface area is 155 Å². The molecule has 142 valence electrons. The van der Waals surface area contributed by atoms with E-state index in [1.807, 2.05) is 4.72 Å². The molecule has 0 aromatic heterocycles. The lowest BCUT2D eigenvalue weighted by Crippen LogP contribution is -2.28. The first kappa shape index (κ1) is 19.9. The van der Waals surface area contributed by atoms with Crippen LogP contribution in [0.3, 0.4) is 0 Å². The minimum absolute atomic E-state index is 0.135. The van der Waals surface area contributed by atoms with Crippen LogP contribution in [-0.2, 0) is 24.3 Å². The van der Waals surface area contributed by atoms with Gasteiger partial charge in [0.2, 0.25) is 5.91 Å². The zero-order valence-corrected chi connectivity index (χ0v) is 15.1. The average Bonchev–Trinajstić information content (AvgIpc) is 2.59. The summed E-state index contributed by atoms with van der Waals surface area (Å²) in [4.78, 5) is 34.5. The molecule has 0 spiro atoms. The van der Waals surface area contributed by atoms with E-state index in [9.17, 15) is 22.8 Å². The van der Waals surface area contributed by atoms with Crippen LogP contribution in [0.2, 0.25) is 0 Å². The van der Waals surface area contributed by atoms with Crippen LogP contribution >= 0.6 is 0 Å². The minimum atomic E-state index is -3.95. The van der Waals surface area contributed by atoms with Gasteiger partial charge >= 0.3 is 5.97 Å². The predicted molar refractivity (Wildman–Crippen MR) is 97.2 cm³/mol. The Morgan fingerprint density at radius 2 is 1.74 bits per heavy atom. The van der Waals surface area contributed by atoms with Gasteiger partial charge in [-0.15, -0.1) is 0 Å². The number of nitrogens with two attached hydrogens (primary N) is 1. The fourth-order valence-corrected chi connectivity index (χ4v) is 3.03. The van der Waals surface area contributed by atoms with Crippen molar-refractivity contribution < 1.29 is 27.5 Å². The molecule has 0 aliphatic carbocycles. The SMILES string of the molecule is CC(=O)NS(=O)(=O)c1ccc(NC(=O)COC(=O)c2cccc(N)c2)cc1. The lowest BCUT2D eigenvalue weighted by atomic mass is 10.2. The Kier molecular flexibility index (Phi) is 6.14. The van der Waals surface area contributed by atoms with E-state index in [1.165, 1.54) is 36.4 Å². The normalized spacial score (nSPS) is 10.7. The van der Waals surface area contributed by atoms with Gasteiger partial charge in [-0.25, -0.2) is 17.9 Å². The topological polar surface area (TPSA) is 145 Å². The number of hydrogen-bond acceptors (Lipinski definition) is 7. The molecule has 0 fully saturated rings. The molecule has 2 aromatic carbocycles. The first-order valence-corrected chi connectivity index (χ1v) is 9.11. The first-order valence-electron chi connectivity index (χ1n) is 7.63. The number of hydrogen-bond donors (Lipinski definition) is 3. The molecule has 0 aliphatic rings. The predicted octanol–water partition coefficient (Wildman–Crippen LogP) is 0.889. The second-order valence-electron chi connectivity index (χ2n) is 5.44. The van der Waals surface area contributed by atoms with Gasteiger partial charge in [-0.1, -0.05) is 6.07 Å². The summed E-state index contributed by atoms with van der Waals surface area (Å²) < 4.78 is 30.4. The molecular weight excluding hydrogens is 374 g/mol. The van der Waals surface area contributed by atoms with Crippen LogP contribution in [0.5, 0.6) is 0 Å². The summed E-state index contributed by atoms with van der Waals surface area (Å²) in [5.41, 5.74) is 6.47. The van der Waals surface area contributed by atoms with Crippen LogP contribution in [-0.4, -0.2) is 32.8 Å². The highest BCUT2D eigenvalue weighted by atomic mass is 32.2. The summed E-state index contributed by atoms with van der Waals surface area (Å²) in [6, 6.07) is 11.2. The highest BCUT2D eigenvalue weighted by molar-refractivity contribution is 7.90. The van der Waals surface area contributed by atoms with Crippen molar-refractivity contribution in [1.29, 1.82) is 0 Å². The van der Waals surface area contributed by atoms with E-state index in [0.717, 1.165) is 6.92 Å². The molecule has 0 saturated carbocycles. The molecule has 0 atom stereocenters. The Bertz CT molecular complexity index is 970. The summed E-state index contributed by atoms with van der Waals surface area (Å²) in [7, 11) is -3.95. The Morgan fingerprint density at radius 3 is 2.33 bits per heavy atom. The van der Waals surface area contributed by atoms with Gasteiger partial charge in [0, 0.05) is 18.3 Å². The molecule has 4 N–H and O–H groups in total. The smallest absolute Gasteiger partial charge is 0.338 e. The van der Waals surface area contributed by atoms with Crippen LogP contribution in [0.25, 0.3) is 0 Å². The first-order chi connectivity index (χ1) is 12.7. The van der Waals surface area contributed by atoms with Gasteiger partial charge in [0.25, 0.3) is 15.9 Å². The molecule has 27 heavy (non-hydrogen) atoms. The second kappa shape index (κ2) is 8.32. The van der Waals surface area contributed by atoms with Crippen molar-refractivity contribution in [3.63, 3.8) is 0 Å². The zero-order valence-electron chi connectivity index (χ0n) is 14.3. The Morgan fingerprint density at radius 1 is 1.07 bits per heavy atom. The maximum Gasteiger partial charge on any atom is 0.338 e. The number of sulfonamides is 1. The molecule has 2 amide bonds. The number of amides is 2. The fourth-order valence-electron chi connectivity index (χ4n) is 2.04. The van der Waals surface area contributed by atoms with Crippen molar-refractivity contribution in [2.75, 3.05) is 17.7 Å². The highest BCUT2D eigenvalue weighted by Crippen LogP contribution is 2.14. The third-order valence-electron chi connectivity index (χ3n) is 3.18. The van der Waals surface area contributed by atoms with Gasteiger partial charge in [-0.3, -0.25) is 9.59 Å². The van der Waals surface area contributed by atoms with E-state index in [-0.39, 0.29) is 10.5 Å². The van der Waals surface area contributed by atoms with Gasteiger partial charge in [-0.2, -0.15) is 0 Å². The van der Waals surface area contributed by atoms with Crippen molar-refractivity contribution in [3.8, 4) is 0 Å². The molecule has 2 rings (SSSR count). The number of carbonyl (C=O) groups excluding carboxylic acids is 3. The molecule has 10 heteroatoms. The van der Waals surface area contributed by atoms with Crippen LogP contribution < -0.4 is 15.8 Å². The van der Waals surface area contributed by atoms with E-state index >= 15 is 0 Å². The van der Waals surface area contributed by atoms with Crippen LogP contribution in [0.1, 0.15) is 17.3 Å². The van der Waals surface area contributed by atoms with Gasteiger partial charge in [0.1, 0.15) is 0 Å². The quantitative estimate of drug-likeness (QED) is 0.490. The minimum Gasteiger partial charge on any atom is -0.452 e. The summed E-state index contributed by atoms with van der Waals surface area (Å²) in [5, 5.41) is 2.46. The molecule has 0 radical (unpaired) electrons. The summed E-state index contributed by atoms with van der Waals surface area (Å²) in [5.74, 6) is -2.02. The van der Waals surface area contributed by atoms with E-state index in [2.05, 4.69) is 5.32 Å². The van der Waals surface area contributed by atoms with E-state index < -0.39 is 34.4 Å². The molecule has 0 aliphatic heterocycles. The Balaban J connectivity index is 1.92. The number of nitrogens with one attached hydrogen (secondary N) is 2. The zero-order chi connectivity index (χ0) is 20.0. The van der Waals surface area contributed by atoms with Crippen LogP contribution in [0.15, 0.2) is 53.4 Å². The highest BCUT2D eigenvalue weighted by Gasteiger charge is 2.15. The lowest BCUT2D eigenvalue weighted by Gasteiger charge is -2.08. The third-order valence-corrected chi connectivity index (χ3v) is 4.63. The molecule has 0 bridgehead atoms. The van der Waals surface area contributed by atoms with Gasteiger partial charge in [0.15, 0.2) is 6.61 Å². The molecule has 2 aromatic rings.